The van der Waals surface area contributed by atoms with Crippen molar-refractivity contribution in [1.29, 1.82) is 0 Å². The Morgan fingerprint density at radius 3 is 2.88 bits per heavy atom. The van der Waals surface area contributed by atoms with Crippen molar-refractivity contribution in [1.82, 2.24) is 19.8 Å². The zero-order valence-electron chi connectivity index (χ0n) is 11.2. The van der Waals surface area contributed by atoms with Gasteiger partial charge in [0.2, 0.25) is 0 Å². The van der Waals surface area contributed by atoms with Crippen LogP contribution in [0.25, 0.3) is 0 Å². The van der Waals surface area contributed by atoms with Gasteiger partial charge in [-0.3, -0.25) is 4.90 Å². The first-order valence-electron chi connectivity index (χ1n) is 6.58. The van der Waals surface area contributed by atoms with Gasteiger partial charge in [0.25, 0.3) is 0 Å². The fourth-order valence-electron chi connectivity index (χ4n) is 2.33. The van der Waals surface area contributed by atoms with Gasteiger partial charge >= 0.3 is 0 Å². The molecule has 0 radical (unpaired) electrons. The third kappa shape index (κ3) is 3.54. The molecule has 1 saturated carbocycles. The number of hydrogen-bond donors (Lipinski definition) is 1. The highest BCUT2D eigenvalue weighted by Crippen LogP contribution is 2.32. The lowest BCUT2D eigenvalue weighted by Gasteiger charge is -2.24. The first-order chi connectivity index (χ1) is 8.20. The highest BCUT2D eigenvalue weighted by molar-refractivity contribution is 4.92. The molecule has 1 N–H and O–H groups in total. The lowest BCUT2D eigenvalue weighted by Crippen LogP contribution is -2.41. The zero-order valence-corrected chi connectivity index (χ0v) is 11.2. The summed E-state index contributed by atoms with van der Waals surface area (Å²) in [5.41, 5.74) is 0. The molecule has 1 aromatic rings. The third-order valence-electron chi connectivity index (χ3n) is 3.50. The molecule has 1 heterocycles. The summed E-state index contributed by atoms with van der Waals surface area (Å²) in [5, 5.41) is 3.60. The number of aromatic nitrogens is 2. The molecule has 1 unspecified atom stereocenters. The van der Waals surface area contributed by atoms with Gasteiger partial charge in [-0.05, 0) is 32.4 Å². The van der Waals surface area contributed by atoms with E-state index in [0.29, 0.717) is 6.04 Å². The summed E-state index contributed by atoms with van der Waals surface area (Å²) in [6.07, 6.45) is 6.67. The maximum atomic E-state index is 4.37. The van der Waals surface area contributed by atoms with Gasteiger partial charge < -0.3 is 9.88 Å². The van der Waals surface area contributed by atoms with Crippen LogP contribution < -0.4 is 5.32 Å². The largest absolute Gasteiger partial charge is 0.337 e. The number of aryl methyl sites for hydroxylation is 1. The van der Waals surface area contributed by atoms with Gasteiger partial charge in [0, 0.05) is 32.0 Å². The Labute approximate surface area is 104 Å². The second kappa shape index (κ2) is 5.65. The summed E-state index contributed by atoms with van der Waals surface area (Å²) in [7, 11) is 4.24. The average molecular weight is 236 g/mol. The average Bonchev–Trinajstić information content (AvgIpc) is 3.05. The summed E-state index contributed by atoms with van der Waals surface area (Å²) in [5.74, 6) is 2.04. The van der Waals surface area contributed by atoms with Crippen LogP contribution >= 0.6 is 0 Å². The quantitative estimate of drug-likeness (QED) is 0.773. The summed E-state index contributed by atoms with van der Waals surface area (Å²) >= 11 is 0. The molecule has 0 bridgehead atoms. The normalized spacial score (nSPS) is 17.6. The van der Waals surface area contributed by atoms with Crippen LogP contribution in [0.5, 0.6) is 0 Å². The predicted molar refractivity (Wildman–Crippen MR) is 69.7 cm³/mol. The molecular formula is C13H24N4. The van der Waals surface area contributed by atoms with Crippen molar-refractivity contribution in [3.63, 3.8) is 0 Å². The fourth-order valence-corrected chi connectivity index (χ4v) is 2.33. The van der Waals surface area contributed by atoms with E-state index in [2.05, 4.69) is 40.8 Å². The Morgan fingerprint density at radius 1 is 1.59 bits per heavy atom. The number of imidazole rings is 1. The van der Waals surface area contributed by atoms with Crippen LogP contribution in [-0.2, 0) is 13.6 Å². The first-order valence-corrected chi connectivity index (χ1v) is 6.58. The Balaban J connectivity index is 1.83. The van der Waals surface area contributed by atoms with Crippen molar-refractivity contribution in [3.05, 3.63) is 18.2 Å². The summed E-state index contributed by atoms with van der Waals surface area (Å²) in [6, 6.07) is 0.658. The molecule has 4 nitrogen and oxygen atoms in total. The minimum atomic E-state index is 0.658. The minimum Gasteiger partial charge on any atom is -0.337 e. The van der Waals surface area contributed by atoms with Gasteiger partial charge in [0.15, 0.2) is 0 Å². The number of nitrogens with zero attached hydrogens (tertiary/aromatic N) is 3. The molecule has 1 atom stereocenters. The van der Waals surface area contributed by atoms with Gasteiger partial charge in [-0.15, -0.1) is 0 Å². The van der Waals surface area contributed by atoms with Crippen LogP contribution in [0.4, 0.5) is 0 Å². The van der Waals surface area contributed by atoms with E-state index in [1.54, 1.807) is 0 Å². The molecule has 1 fully saturated rings. The van der Waals surface area contributed by atoms with Crippen molar-refractivity contribution >= 4 is 0 Å². The lowest BCUT2D eigenvalue weighted by molar-refractivity contribution is 0.261. The summed E-state index contributed by atoms with van der Waals surface area (Å²) in [4.78, 5) is 6.74. The van der Waals surface area contributed by atoms with Gasteiger partial charge in [0.05, 0.1) is 6.54 Å². The maximum absolute atomic E-state index is 4.37. The molecule has 1 aliphatic rings. The molecule has 2 rings (SSSR count). The van der Waals surface area contributed by atoms with E-state index in [-0.39, 0.29) is 0 Å². The van der Waals surface area contributed by atoms with E-state index in [4.69, 9.17) is 0 Å². The molecule has 0 saturated heterocycles. The standard InChI is InChI=1S/C13H24N4/c1-4-14-12(11-5-6-11)9-16(2)10-13-15-7-8-17(13)3/h7-8,11-12,14H,4-6,9-10H2,1-3H3. The van der Waals surface area contributed by atoms with Crippen molar-refractivity contribution in [2.24, 2.45) is 13.0 Å². The maximum Gasteiger partial charge on any atom is 0.122 e. The highest BCUT2D eigenvalue weighted by atomic mass is 15.2. The van der Waals surface area contributed by atoms with Gasteiger partial charge in [-0.25, -0.2) is 4.98 Å². The van der Waals surface area contributed by atoms with E-state index in [9.17, 15) is 0 Å². The highest BCUT2D eigenvalue weighted by Gasteiger charge is 2.31. The molecular weight excluding hydrogens is 212 g/mol. The number of rotatable bonds is 7. The summed E-state index contributed by atoms with van der Waals surface area (Å²) < 4.78 is 2.09. The SMILES string of the molecule is CCNC(CN(C)Cc1nccn1C)C1CC1. The van der Waals surface area contributed by atoms with Crippen LogP contribution in [0.2, 0.25) is 0 Å². The van der Waals surface area contributed by atoms with Crippen molar-refractivity contribution in [2.75, 3.05) is 20.1 Å². The van der Waals surface area contributed by atoms with Gasteiger partial charge in [-0.1, -0.05) is 6.92 Å². The molecule has 17 heavy (non-hydrogen) atoms. The molecule has 4 heteroatoms. The molecule has 0 aliphatic heterocycles. The van der Waals surface area contributed by atoms with E-state index in [1.165, 1.54) is 12.8 Å². The number of nitrogens with one attached hydrogen (secondary N) is 1. The van der Waals surface area contributed by atoms with Crippen LogP contribution in [0.3, 0.4) is 0 Å². The van der Waals surface area contributed by atoms with E-state index in [1.807, 2.05) is 12.4 Å². The Bertz CT molecular complexity index is 343. The second-order valence-corrected chi connectivity index (χ2v) is 5.15. The first kappa shape index (κ1) is 12.6. The van der Waals surface area contributed by atoms with Gasteiger partial charge in [0.1, 0.15) is 5.82 Å². The van der Waals surface area contributed by atoms with Crippen molar-refractivity contribution in [2.45, 2.75) is 32.4 Å². The molecule has 0 aromatic carbocycles. The molecule has 0 spiro atoms. The van der Waals surface area contributed by atoms with Crippen LogP contribution in [0.15, 0.2) is 12.4 Å². The van der Waals surface area contributed by atoms with Crippen molar-refractivity contribution < 1.29 is 0 Å². The molecule has 1 aromatic heterocycles. The third-order valence-corrected chi connectivity index (χ3v) is 3.50. The monoisotopic (exact) mass is 236 g/mol. The Hall–Kier alpha value is -0.870. The second-order valence-electron chi connectivity index (χ2n) is 5.15. The molecule has 96 valence electrons. The number of hydrogen-bond acceptors (Lipinski definition) is 3. The smallest absolute Gasteiger partial charge is 0.122 e. The van der Waals surface area contributed by atoms with E-state index in [0.717, 1.165) is 31.4 Å². The van der Waals surface area contributed by atoms with Crippen molar-refractivity contribution in [3.8, 4) is 0 Å². The summed E-state index contributed by atoms with van der Waals surface area (Å²) in [6.45, 7) is 5.30. The van der Waals surface area contributed by atoms with Gasteiger partial charge in [-0.2, -0.15) is 0 Å². The van der Waals surface area contributed by atoms with E-state index >= 15 is 0 Å². The zero-order chi connectivity index (χ0) is 12.3. The van der Waals surface area contributed by atoms with Crippen LogP contribution in [-0.4, -0.2) is 40.6 Å². The Morgan fingerprint density at radius 2 is 2.35 bits per heavy atom. The van der Waals surface area contributed by atoms with E-state index < -0.39 is 0 Å². The fraction of sp³-hybridized carbons (Fsp3) is 0.769. The topological polar surface area (TPSA) is 33.1 Å². The minimum absolute atomic E-state index is 0.658. The molecule has 0 amide bonds. The predicted octanol–water partition coefficient (Wildman–Crippen LogP) is 1.24. The number of likely N-dealkylation sites (N-methyl/N-ethyl adjacent to an activating group) is 2. The lowest BCUT2D eigenvalue weighted by atomic mass is 10.1. The van der Waals surface area contributed by atoms with Crippen LogP contribution in [0, 0.1) is 5.92 Å². The van der Waals surface area contributed by atoms with Crippen LogP contribution in [0.1, 0.15) is 25.6 Å². The Kier molecular flexibility index (Phi) is 4.18. The molecule has 1 aliphatic carbocycles.